The molecule has 1 atom stereocenters. The van der Waals surface area contributed by atoms with Crippen molar-refractivity contribution < 1.29 is 9.59 Å². The molecule has 2 amide bonds. The van der Waals surface area contributed by atoms with Crippen LogP contribution in [0.3, 0.4) is 0 Å². The maximum Gasteiger partial charge on any atom is 0.257 e. The number of nitrogens with one attached hydrogen (secondary N) is 1. The maximum atomic E-state index is 12.5. The highest BCUT2D eigenvalue weighted by Crippen LogP contribution is 2.34. The molecule has 1 aromatic carbocycles. The van der Waals surface area contributed by atoms with Crippen LogP contribution < -0.4 is 11.1 Å². The molecule has 11 heteroatoms. The third-order valence-electron chi connectivity index (χ3n) is 5.82. The summed E-state index contributed by atoms with van der Waals surface area (Å²) in [6.45, 7) is 4.80. The second-order valence-electron chi connectivity index (χ2n) is 7.90. The number of hydrogen-bond donors (Lipinski definition) is 2. The van der Waals surface area contributed by atoms with Crippen LogP contribution >= 0.6 is 11.3 Å². The molecule has 1 fully saturated rings. The first kappa shape index (κ1) is 21.7. The van der Waals surface area contributed by atoms with Crippen molar-refractivity contribution in [3.63, 3.8) is 0 Å². The minimum Gasteiger partial charge on any atom is -0.383 e. The summed E-state index contributed by atoms with van der Waals surface area (Å²) in [5.74, 6) is -0.0114. The Bertz CT molecular complexity index is 1360. The van der Waals surface area contributed by atoms with Gasteiger partial charge in [-0.1, -0.05) is 18.7 Å². The van der Waals surface area contributed by atoms with Gasteiger partial charge in [0.15, 0.2) is 10.8 Å². The number of anilines is 2. The van der Waals surface area contributed by atoms with Gasteiger partial charge in [-0.15, -0.1) is 11.3 Å². The number of piperidine rings is 1. The van der Waals surface area contributed by atoms with Crippen molar-refractivity contribution in [2.45, 2.75) is 18.9 Å². The molecule has 0 aliphatic carbocycles. The van der Waals surface area contributed by atoms with E-state index in [0.717, 1.165) is 18.4 Å². The van der Waals surface area contributed by atoms with E-state index >= 15 is 0 Å². The van der Waals surface area contributed by atoms with Crippen LogP contribution in [-0.2, 0) is 4.79 Å². The highest BCUT2D eigenvalue weighted by molar-refractivity contribution is 7.13. The molecule has 172 valence electrons. The minimum absolute atomic E-state index is 0.0495. The van der Waals surface area contributed by atoms with Crippen molar-refractivity contribution in [2.24, 2.45) is 0 Å². The summed E-state index contributed by atoms with van der Waals surface area (Å²) in [4.78, 5) is 39.1. The van der Waals surface area contributed by atoms with E-state index in [-0.39, 0.29) is 17.9 Å². The van der Waals surface area contributed by atoms with Gasteiger partial charge in [-0.3, -0.25) is 14.9 Å². The minimum atomic E-state index is -0.242. The quantitative estimate of drug-likeness (QED) is 0.425. The Morgan fingerprint density at radius 3 is 2.76 bits per heavy atom. The first-order valence-electron chi connectivity index (χ1n) is 10.8. The fourth-order valence-electron chi connectivity index (χ4n) is 4.17. The number of aromatic nitrogens is 5. The summed E-state index contributed by atoms with van der Waals surface area (Å²) < 4.78 is 1.84. The van der Waals surface area contributed by atoms with Crippen molar-refractivity contribution in [1.29, 1.82) is 0 Å². The number of rotatable bonds is 5. The van der Waals surface area contributed by atoms with Gasteiger partial charge in [0.05, 0.1) is 11.4 Å². The molecule has 4 heterocycles. The monoisotopic (exact) mass is 474 g/mol. The van der Waals surface area contributed by atoms with Gasteiger partial charge in [-0.2, -0.15) is 5.10 Å². The average Bonchev–Trinajstić information content (AvgIpc) is 3.52. The van der Waals surface area contributed by atoms with E-state index < -0.39 is 0 Å². The topological polar surface area (TPSA) is 132 Å². The van der Waals surface area contributed by atoms with E-state index in [4.69, 9.17) is 10.8 Å². The van der Waals surface area contributed by atoms with E-state index in [1.165, 1.54) is 23.7 Å². The first-order valence-corrected chi connectivity index (χ1v) is 11.6. The molecule has 1 aliphatic heterocycles. The number of nitrogens with zero attached hydrogens (tertiary/aromatic N) is 6. The lowest BCUT2D eigenvalue weighted by molar-refractivity contribution is -0.127. The predicted molar refractivity (Wildman–Crippen MR) is 130 cm³/mol. The number of nitrogens with two attached hydrogens (primary N) is 1. The van der Waals surface area contributed by atoms with Crippen molar-refractivity contribution >= 4 is 45.1 Å². The number of fused-ring (bicyclic) bond motifs is 1. The number of thiazole rings is 1. The molecule has 34 heavy (non-hydrogen) atoms. The molecule has 3 N–H and O–H groups in total. The fraction of sp³-hybridized carbons (Fsp3) is 0.217. The average molecular weight is 475 g/mol. The summed E-state index contributed by atoms with van der Waals surface area (Å²) in [6, 6.07) is 7.06. The van der Waals surface area contributed by atoms with Gasteiger partial charge in [-0.05, 0) is 31.1 Å². The number of carbonyl (C=O) groups is 2. The first-order chi connectivity index (χ1) is 16.5. The number of nitrogen functional groups attached to an aromatic ring is 1. The Morgan fingerprint density at radius 1 is 1.21 bits per heavy atom. The molecule has 10 nitrogen and oxygen atoms in total. The lowest BCUT2D eigenvalue weighted by Gasteiger charge is -2.32. The number of hydrogen-bond acceptors (Lipinski definition) is 8. The third kappa shape index (κ3) is 4.01. The van der Waals surface area contributed by atoms with Gasteiger partial charge in [-0.25, -0.2) is 19.6 Å². The molecule has 1 saturated heterocycles. The van der Waals surface area contributed by atoms with E-state index in [1.807, 2.05) is 16.8 Å². The molecular weight excluding hydrogens is 452 g/mol. The van der Waals surface area contributed by atoms with E-state index in [1.54, 1.807) is 28.6 Å². The van der Waals surface area contributed by atoms with Crippen LogP contribution in [0, 0.1) is 0 Å². The molecular formula is C23H22N8O2S. The summed E-state index contributed by atoms with van der Waals surface area (Å²) in [5, 5.41) is 10.6. The summed E-state index contributed by atoms with van der Waals surface area (Å²) in [5.41, 5.74) is 8.77. The maximum absolute atomic E-state index is 12.5. The van der Waals surface area contributed by atoms with Crippen molar-refractivity contribution in [2.75, 3.05) is 24.1 Å². The van der Waals surface area contributed by atoms with Crippen LogP contribution in [0.15, 0.2) is 54.8 Å². The standard InChI is InChI=1S/C23H22N8O2S/c1-2-17(32)30-10-3-4-16(12-30)31-21-18(20(24)26-13-27-21)19(29-31)14-5-7-15(8-6-14)22(33)28-23-25-9-11-34-23/h2,5-9,11,13,16H,1,3-4,10,12H2,(H2,24,26,27)(H,25,28,33). The Hall–Kier alpha value is -4.12. The normalized spacial score (nSPS) is 15.9. The molecule has 3 aromatic heterocycles. The van der Waals surface area contributed by atoms with Crippen molar-refractivity contribution in [1.82, 2.24) is 29.6 Å². The van der Waals surface area contributed by atoms with Crippen LogP contribution in [0.5, 0.6) is 0 Å². The van der Waals surface area contributed by atoms with Crippen LogP contribution in [0.4, 0.5) is 10.9 Å². The van der Waals surface area contributed by atoms with Gasteiger partial charge >= 0.3 is 0 Å². The summed E-state index contributed by atoms with van der Waals surface area (Å²) in [7, 11) is 0. The summed E-state index contributed by atoms with van der Waals surface area (Å²) >= 11 is 1.35. The zero-order valence-corrected chi connectivity index (χ0v) is 19.0. The van der Waals surface area contributed by atoms with Gasteiger partial charge in [0, 0.05) is 35.8 Å². The van der Waals surface area contributed by atoms with Crippen molar-refractivity contribution in [3.05, 3.63) is 60.4 Å². The number of carbonyl (C=O) groups excluding carboxylic acids is 2. The number of benzene rings is 1. The Balaban J connectivity index is 1.49. The van der Waals surface area contributed by atoms with Crippen LogP contribution in [0.25, 0.3) is 22.3 Å². The van der Waals surface area contributed by atoms with Crippen LogP contribution in [0.1, 0.15) is 29.2 Å². The fourth-order valence-corrected chi connectivity index (χ4v) is 4.69. The zero-order chi connectivity index (χ0) is 23.7. The highest BCUT2D eigenvalue weighted by atomic mass is 32.1. The largest absolute Gasteiger partial charge is 0.383 e. The lowest BCUT2D eigenvalue weighted by atomic mass is 10.1. The molecule has 0 saturated carbocycles. The van der Waals surface area contributed by atoms with Crippen LogP contribution in [0.2, 0.25) is 0 Å². The second kappa shape index (κ2) is 9.02. The second-order valence-corrected chi connectivity index (χ2v) is 8.80. The van der Waals surface area contributed by atoms with Crippen LogP contribution in [-0.4, -0.2) is 54.5 Å². The molecule has 0 bridgehead atoms. The third-order valence-corrected chi connectivity index (χ3v) is 6.51. The van der Waals surface area contributed by atoms with Gasteiger partial charge in [0.1, 0.15) is 17.8 Å². The van der Waals surface area contributed by atoms with E-state index in [9.17, 15) is 9.59 Å². The predicted octanol–water partition coefficient (Wildman–Crippen LogP) is 3.13. The molecule has 1 unspecified atom stereocenters. The molecule has 0 radical (unpaired) electrons. The van der Waals surface area contributed by atoms with Gasteiger partial charge in [0.25, 0.3) is 5.91 Å². The Labute approximate surface area is 199 Å². The van der Waals surface area contributed by atoms with E-state index in [0.29, 0.717) is 46.3 Å². The van der Waals surface area contributed by atoms with E-state index in [2.05, 4.69) is 26.8 Å². The summed E-state index contributed by atoms with van der Waals surface area (Å²) in [6.07, 6.45) is 6.10. The number of amides is 2. The highest BCUT2D eigenvalue weighted by Gasteiger charge is 2.28. The van der Waals surface area contributed by atoms with Crippen molar-refractivity contribution in [3.8, 4) is 11.3 Å². The Kier molecular flexibility index (Phi) is 5.76. The van der Waals surface area contributed by atoms with Gasteiger partial charge in [0.2, 0.25) is 5.91 Å². The molecule has 4 aromatic rings. The SMILES string of the molecule is C=CC(=O)N1CCCC(n2nc(-c3ccc(C(=O)Nc4nccs4)cc3)c3c(N)ncnc32)C1. The lowest BCUT2D eigenvalue weighted by Crippen LogP contribution is -2.40. The zero-order valence-electron chi connectivity index (χ0n) is 18.2. The smallest absolute Gasteiger partial charge is 0.257 e. The molecule has 0 spiro atoms. The Morgan fingerprint density at radius 2 is 2.03 bits per heavy atom. The van der Waals surface area contributed by atoms with Gasteiger partial charge < -0.3 is 10.6 Å². The number of likely N-dealkylation sites (tertiary alicyclic amines) is 1. The molecule has 5 rings (SSSR count). The molecule has 1 aliphatic rings.